The molecular weight excluding hydrogens is 332 g/mol. The molecule has 142 valence electrons. The molecule has 0 amide bonds. The largest absolute Gasteiger partial charge is 0.511 e. The van der Waals surface area contributed by atoms with Crippen LogP contribution in [-0.4, -0.2) is 54.7 Å². The highest BCUT2D eigenvalue weighted by Crippen LogP contribution is 2.30. The molecule has 0 saturated carbocycles. The van der Waals surface area contributed by atoms with Gasteiger partial charge in [-0.3, -0.25) is 4.79 Å². The maximum atomic E-state index is 11.8. The van der Waals surface area contributed by atoms with E-state index in [-0.39, 0.29) is 6.61 Å². The van der Waals surface area contributed by atoms with Gasteiger partial charge in [-0.15, -0.1) is 0 Å². The predicted octanol–water partition coefficient (Wildman–Crippen LogP) is 2.30. The van der Waals surface area contributed by atoms with Crippen LogP contribution >= 0.6 is 0 Å². The molecule has 4 atom stereocenters. The van der Waals surface area contributed by atoms with Gasteiger partial charge in [-0.05, 0) is 46.8 Å². The second kappa shape index (κ2) is 7.31. The summed E-state index contributed by atoms with van der Waals surface area (Å²) in [5.74, 6) is -1.22. The van der Waals surface area contributed by atoms with Gasteiger partial charge in [0.1, 0.15) is 23.9 Å². The molecule has 0 spiro atoms. The number of carbonyl (C=O) groups is 2. The van der Waals surface area contributed by atoms with Crippen molar-refractivity contribution in [2.75, 3.05) is 6.61 Å². The van der Waals surface area contributed by atoms with Crippen molar-refractivity contribution in [1.29, 1.82) is 0 Å². The van der Waals surface area contributed by atoms with Gasteiger partial charge >= 0.3 is 12.1 Å². The standard InChI is InChI=1S/C17H26O8/c1-10(18)21-11-7-8-13(23-15(19)25-16(2,3)4)22-14(11)12-9-20-17(5,6)24-12/h7-8,11-14H,9H2,1-6H3/t11-,12+,13?,14-/m0/s1. The fourth-order valence-electron chi connectivity index (χ4n) is 2.50. The van der Waals surface area contributed by atoms with Gasteiger partial charge in [0.05, 0.1) is 6.61 Å². The molecule has 0 aromatic heterocycles. The lowest BCUT2D eigenvalue weighted by Crippen LogP contribution is -2.48. The zero-order valence-corrected chi connectivity index (χ0v) is 15.4. The molecule has 0 aromatic carbocycles. The molecule has 0 radical (unpaired) electrons. The average molecular weight is 358 g/mol. The van der Waals surface area contributed by atoms with Crippen LogP contribution in [0, 0.1) is 0 Å². The van der Waals surface area contributed by atoms with Crippen LogP contribution < -0.4 is 0 Å². The first kappa shape index (κ1) is 19.7. The van der Waals surface area contributed by atoms with Crippen molar-refractivity contribution in [3.05, 3.63) is 12.2 Å². The van der Waals surface area contributed by atoms with E-state index in [2.05, 4.69) is 0 Å². The summed E-state index contributed by atoms with van der Waals surface area (Å²) >= 11 is 0. The third-order valence-corrected chi connectivity index (χ3v) is 3.37. The molecule has 1 saturated heterocycles. The summed E-state index contributed by atoms with van der Waals surface area (Å²) in [5.41, 5.74) is -0.679. The van der Waals surface area contributed by atoms with Gasteiger partial charge in [0.15, 0.2) is 5.79 Å². The lowest BCUT2D eigenvalue weighted by Gasteiger charge is -2.34. The summed E-state index contributed by atoms with van der Waals surface area (Å²) in [6.07, 6.45) is -0.542. The number of hydrogen-bond acceptors (Lipinski definition) is 8. The van der Waals surface area contributed by atoms with Gasteiger partial charge in [0.25, 0.3) is 0 Å². The summed E-state index contributed by atoms with van der Waals surface area (Å²) in [4.78, 5) is 23.1. The second-order valence-corrected chi connectivity index (χ2v) is 7.38. The Morgan fingerprint density at radius 2 is 1.84 bits per heavy atom. The Morgan fingerprint density at radius 3 is 2.36 bits per heavy atom. The number of carbonyl (C=O) groups excluding carboxylic acids is 2. The third kappa shape index (κ3) is 5.98. The minimum Gasteiger partial charge on any atom is -0.455 e. The Morgan fingerprint density at radius 1 is 1.16 bits per heavy atom. The van der Waals surface area contributed by atoms with Crippen molar-refractivity contribution in [2.45, 2.75) is 77.5 Å². The first-order valence-electron chi connectivity index (χ1n) is 8.18. The highest BCUT2D eigenvalue weighted by atomic mass is 16.8. The van der Waals surface area contributed by atoms with E-state index in [1.165, 1.54) is 13.0 Å². The van der Waals surface area contributed by atoms with Gasteiger partial charge < -0.3 is 28.4 Å². The smallest absolute Gasteiger partial charge is 0.455 e. The molecular formula is C17H26O8. The van der Waals surface area contributed by atoms with Crippen LogP contribution in [0.1, 0.15) is 41.5 Å². The number of hydrogen-bond donors (Lipinski definition) is 0. The predicted molar refractivity (Wildman–Crippen MR) is 85.6 cm³/mol. The molecule has 0 N–H and O–H groups in total. The molecule has 2 rings (SSSR count). The minimum absolute atomic E-state index is 0.266. The fraction of sp³-hybridized carbons (Fsp3) is 0.765. The van der Waals surface area contributed by atoms with E-state index in [9.17, 15) is 9.59 Å². The number of ether oxygens (including phenoxy) is 6. The topological polar surface area (TPSA) is 89.5 Å². The third-order valence-electron chi connectivity index (χ3n) is 3.37. The van der Waals surface area contributed by atoms with E-state index >= 15 is 0 Å². The van der Waals surface area contributed by atoms with Crippen molar-refractivity contribution in [2.24, 2.45) is 0 Å². The highest BCUT2D eigenvalue weighted by Gasteiger charge is 2.44. The monoisotopic (exact) mass is 358 g/mol. The zero-order chi connectivity index (χ0) is 18.8. The van der Waals surface area contributed by atoms with Gasteiger partial charge in [-0.25, -0.2) is 4.79 Å². The summed E-state index contributed by atoms with van der Waals surface area (Å²) in [5, 5.41) is 0. The fourth-order valence-corrected chi connectivity index (χ4v) is 2.50. The van der Waals surface area contributed by atoms with Crippen molar-refractivity contribution < 1.29 is 38.0 Å². The highest BCUT2D eigenvalue weighted by molar-refractivity contribution is 5.66. The molecule has 25 heavy (non-hydrogen) atoms. The molecule has 1 unspecified atom stereocenters. The Bertz CT molecular complexity index is 533. The molecule has 0 bridgehead atoms. The Labute approximate surface area is 147 Å². The van der Waals surface area contributed by atoms with E-state index in [0.29, 0.717) is 0 Å². The number of rotatable bonds is 3. The average Bonchev–Trinajstić information content (AvgIpc) is 2.78. The van der Waals surface area contributed by atoms with Gasteiger partial charge in [-0.2, -0.15) is 0 Å². The first-order valence-corrected chi connectivity index (χ1v) is 8.18. The maximum Gasteiger partial charge on any atom is 0.511 e. The van der Waals surface area contributed by atoms with E-state index in [4.69, 9.17) is 28.4 Å². The van der Waals surface area contributed by atoms with Gasteiger partial charge in [0.2, 0.25) is 6.29 Å². The van der Waals surface area contributed by atoms with Crippen LogP contribution in [0.4, 0.5) is 4.79 Å². The Kier molecular flexibility index (Phi) is 5.75. The molecule has 0 aliphatic carbocycles. The van der Waals surface area contributed by atoms with E-state index in [1.54, 1.807) is 40.7 Å². The summed E-state index contributed by atoms with van der Waals surface area (Å²) in [7, 11) is 0. The Balaban J connectivity index is 2.06. The molecule has 1 fully saturated rings. The maximum absolute atomic E-state index is 11.8. The van der Waals surface area contributed by atoms with E-state index in [1.807, 2.05) is 0 Å². The van der Waals surface area contributed by atoms with Crippen LogP contribution in [0.3, 0.4) is 0 Å². The van der Waals surface area contributed by atoms with Gasteiger partial charge in [-0.1, -0.05) is 0 Å². The number of esters is 1. The van der Waals surface area contributed by atoms with Crippen LogP contribution in [0.25, 0.3) is 0 Å². The van der Waals surface area contributed by atoms with Crippen LogP contribution in [0.5, 0.6) is 0 Å². The molecule has 2 heterocycles. The SMILES string of the molecule is CC(=O)O[C@H]1C=CC(OC(=O)OC(C)(C)C)O[C@@H]1[C@H]1COC(C)(C)O1. The Hall–Kier alpha value is -1.64. The summed E-state index contributed by atoms with van der Waals surface area (Å²) < 4.78 is 32.6. The first-order chi connectivity index (χ1) is 11.5. The molecule has 2 aliphatic heterocycles. The second-order valence-electron chi connectivity index (χ2n) is 7.38. The summed E-state index contributed by atoms with van der Waals surface area (Å²) in [6, 6.07) is 0. The van der Waals surface area contributed by atoms with Crippen molar-refractivity contribution in [1.82, 2.24) is 0 Å². The van der Waals surface area contributed by atoms with E-state index in [0.717, 1.165) is 0 Å². The normalized spacial score (nSPS) is 31.4. The molecule has 2 aliphatic rings. The summed E-state index contributed by atoms with van der Waals surface area (Å²) in [6.45, 7) is 10.3. The minimum atomic E-state index is -0.973. The lowest BCUT2D eigenvalue weighted by molar-refractivity contribution is -0.212. The molecule has 8 heteroatoms. The van der Waals surface area contributed by atoms with Crippen LogP contribution in [-0.2, 0) is 33.2 Å². The van der Waals surface area contributed by atoms with Crippen LogP contribution in [0.15, 0.2) is 12.2 Å². The van der Waals surface area contributed by atoms with E-state index < -0.39 is 48.1 Å². The zero-order valence-electron chi connectivity index (χ0n) is 15.4. The van der Waals surface area contributed by atoms with Crippen molar-refractivity contribution in [3.8, 4) is 0 Å². The lowest BCUT2D eigenvalue weighted by atomic mass is 10.1. The van der Waals surface area contributed by atoms with Crippen molar-refractivity contribution >= 4 is 12.1 Å². The van der Waals surface area contributed by atoms with Gasteiger partial charge in [0, 0.05) is 6.92 Å². The van der Waals surface area contributed by atoms with Crippen LogP contribution in [0.2, 0.25) is 0 Å². The quantitative estimate of drug-likeness (QED) is 0.561. The molecule has 8 nitrogen and oxygen atoms in total. The van der Waals surface area contributed by atoms with Crippen molar-refractivity contribution in [3.63, 3.8) is 0 Å². The molecule has 0 aromatic rings.